The Morgan fingerprint density at radius 1 is 1.57 bits per heavy atom. The Morgan fingerprint density at radius 3 is 2.00 bits per heavy atom. The first kappa shape index (κ1) is 7.02. The minimum atomic E-state index is 0.801. The van der Waals surface area contributed by atoms with Crippen molar-refractivity contribution in [1.29, 1.82) is 0 Å². The second-order valence-corrected chi connectivity index (χ2v) is 2.66. The Kier molecular flexibility index (Phi) is 3.09. The molecule has 0 aromatic heterocycles. The molecule has 0 saturated heterocycles. The first-order chi connectivity index (χ1) is 3.13. The lowest BCUT2D eigenvalue weighted by Crippen LogP contribution is -2.19. The van der Waals surface area contributed by atoms with E-state index in [0.717, 1.165) is 5.92 Å². The molecular formula is C5H14BN. The predicted molar refractivity (Wildman–Crippen MR) is 36.0 cm³/mol. The minimum Gasteiger partial charge on any atom is -0.351 e. The average molecular weight is 99.0 g/mol. The molecule has 0 heterocycles. The summed E-state index contributed by atoms with van der Waals surface area (Å²) < 4.78 is 0. The summed E-state index contributed by atoms with van der Waals surface area (Å²) in [5.74, 6) is 0.801. The zero-order valence-electron chi connectivity index (χ0n) is 5.73. The summed E-state index contributed by atoms with van der Waals surface area (Å²) in [6.07, 6.45) is 0. The van der Waals surface area contributed by atoms with Crippen molar-refractivity contribution in [2.45, 2.75) is 13.8 Å². The zero-order chi connectivity index (χ0) is 5.86. The highest BCUT2D eigenvalue weighted by Gasteiger charge is 1.92. The number of rotatable bonds is 2. The minimum absolute atomic E-state index is 0.801. The summed E-state index contributed by atoms with van der Waals surface area (Å²) in [6, 6.07) is 0. The van der Waals surface area contributed by atoms with Crippen molar-refractivity contribution in [3.8, 4) is 0 Å². The van der Waals surface area contributed by atoms with Crippen LogP contribution in [0.3, 0.4) is 0 Å². The lowest BCUT2D eigenvalue weighted by molar-refractivity contribution is 0.452. The van der Waals surface area contributed by atoms with Gasteiger partial charge in [0.25, 0.3) is 0 Å². The van der Waals surface area contributed by atoms with Crippen molar-refractivity contribution in [3.63, 3.8) is 0 Å². The van der Waals surface area contributed by atoms with Crippen LogP contribution in [0.4, 0.5) is 0 Å². The number of hydrogen-bond acceptors (Lipinski definition) is 1. The summed E-state index contributed by atoms with van der Waals surface area (Å²) in [7, 11) is 4.19. The van der Waals surface area contributed by atoms with Crippen LogP contribution in [-0.4, -0.2) is 26.4 Å². The summed E-state index contributed by atoms with van der Waals surface area (Å²) in [5, 5.41) is 0. The first-order valence-corrected chi connectivity index (χ1v) is 2.77. The quantitative estimate of drug-likeness (QED) is 0.444. The highest BCUT2D eigenvalue weighted by Crippen LogP contribution is 1.90. The molecule has 0 aromatic rings. The molecule has 0 rings (SSSR count). The smallest absolute Gasteiger partial charge is 0.185 e. The molecule has 0 amide bonds. The van der Waals surface area contributed by atoms with Gasteiger partial charge in [-0.05, 0) is 19.5 Å². The van der Waals surface area contributed by atoms with Gasteiger partial charge in [0.05, 0.1) is 0 Å². The third-order valence-electron chi connectivity index (χ3n) is 0.730. The van der Waals surface area contributed by atoms with Gasteiger partial charge in [-0.25, -0.2) is 0 Å². The van der Waals surface area contributed by atoms with Gasteiger partial charge in [0.1, 0.15) is 0 Å². The molecule has 0 fully saturated rings. The lowest BCUT2D eigenvalue weighted by atomic mass is 10.2. The van der Waals surface area contributed by atoms with Gasteiger partial charge in [0, 0.05) is 0 Å². The van der Waals surface area contributed by atoms with E-state index in [-0.39, 0.29) is 0 Å². The van der Waals surface area contributed by atoms with Crippen LogP contribution in [0.5, 0.6) is 0 Å². The van der Waals surface area contributed by atoms with E-state index in [0.29, 0.717) is 0 Å². The Bertz CT molecular complexity index is 37.3. The Morgan fingerprint density at radius 2 is 2.00 bits per heavy atom. The Labute approximate surface area is 47.1 Å². The molecule has 0 radical (unpaired) electrons. The molecule has 0 aromatic carbocycles. The van der Waals surface area contributed by atoms with E-state index >= 15 is 0 Å². The van der Waals surface area contributed by atoms with Gasteiger partial charge in [0.2, 0.25) is 0 Å². The second-order valence-electron chi connectivity index (χ2n) is 2.66. The van der Waals surface area contributed by atoms with E-state index in [9.17, 15) is 0 Å². The highest BCUT2D eigenvalue weighted by molar-refractivity contribution is 6.04. The van der Waals surface area contributed by atoms with Crippen molar-refractivity contribution in [1.82, 2.24) is 4.81 Å². The fourth-order valence-corrected chi connectivity index (χ4v) is 0.730. The van der Waals surface area contributed by atoms with E-state index < -0.39 is 0 Å². The number of nitrogens with zero attached hydrogens (tertiary/aromatic N) is 1. The van der Waals surface area contributed by atoms with Crippen LogP contribution in [0.15, 0.2) is 0 Å². The molecule has 0 bridgehead atoms. The average Bonchev–Trinajstić information content (AvgIpc) is 1.27. The molecule has 0 N–H and O–H groups in total. The van der Waals surface area contributed by atoms with Gasteiger partial charge in [0.15, 0.2) is 7.98 Å². The van der Waals surface area contributed by atoms with Gasteiger partial charge in [-0.2, -0.15) is 0 Å². The van der Waals surface area contributed by atoms with Gasteiger partial charge in [-0.3, -0.25) is 0 Å². The van der Waals surface area contributed by atoms with Crippen LogP contribution in [0.1, 0.15) is 13.8 Å². The normalized spacial score (nSPS) is 11.0. The zero-order valence-corrected chi connectivity index (χ0v) is 5.73. The summed E-state index contributed by atoms with van der Waals surface area (Å²) >= 11 is 0. The molecule has 0 saturated carbocycles. The molecule has 42 valence electrons. The first-order valence-electron chi connectivity index (χ1n) is 2.77. The largest absolute Gasteiger partial charge is 0.351 e. The second kappa shape index (κ2) is 3.08. The molecule has 7 heavy (non-hydrogen) atoms. The fourth-order valence-electron chi connectivity index (χ4n) is 0.730. The standard InChI is InChI=1S/C5H14BN/c1-5(2)4-7(3)6/h5H,4,6H2,1-3H3. The van der Waals surface area contributed by atoms with Crippen molar-refractivity contribution in [2.24, 2.45) is 5.92 Å². The highest BCUT2D eigenvalue weighted by atomic mass is 15.0. The van der Waals surface area contributed by atoms with Crippen molar-refractivity contribution in [2.75, 3.05) is 13.6 Å². The topological polar surface area (TPSA) is 3.24 Å². The molecule has 1 nitrogen and oxygen atoms in total. The molecule has 2 heteroatoms. The molecule has 0 atom stereocenters. The van der Waals surface area contributed by atoms with E-state index in [1.807, 2.05) is 0 Å². The molecule has 0 spiro atoms. The van der Waals surface area contributed by atoms with E-state index in [1.54, 1.807) is 0 Å². The van der Waals surface area contributed by atoms with E-state index in [2.05, 4.69) is 33.7 Å². The fraction of sp³-hybridized carbons (Fsp3) is 1.00. The monoisotopic (exact) mass is 99.1 g/mol. The van der Waals surface area contributed by atoms with E-state index in [1.165, 1.54) is 6.54 Å². The van der Waals surface area contributed by atoms with Gasteiger partial charge in [-0.15, -0.1) is 0 Å². The maximum absolute atomic E-state index is 2.22. The molecule has 0 aliphatic heterocycles. The third kappa shape index (κ3) is 6.02. The maximum Gasteiger partial charge on any atom is 0.185 e. The maximum atomic E-state index is 2.22. The predicted octanol–water partition coefficient (Wildman–Crippen LogP) is 0.122. The van der Waals surface area contributed by atoms with Crippen LogP contribution in [0, 0.1) is 5.92 Å². The van der Waals surface area contributed by atoms with E-state index in [4.69, 9.17) is 0 Å². The lowest BCUT2D eigenvalue weighted by Gasteiger charge is -2.11. The SMILES string of the molecule is BN(C)CC(C)C. The summed E-state index contributed by atoms with van der Waals surface area (Å²) in [6.45, 7) is 5.64. The van der Waals surface area contributed by atoms with Crippen molar-refractivity contribution >= 4 is 7.98 Å². The molecular weight excluding hydrogens is 84.9 g/mol. The molecule has 0 aliphatic carbocycles. The molecule has 0 unspecified atom stereocenters. The van der Waals surface area contributed by atoms with Gasteiger partial charge < -0.3 is 4.81 Å². The molecule has 0 aliphatic rings. The number of hydrogen-bond donors (Lipinski definition) is 0. The van der Waals surface area contributed by atoms with Crippen molar-refractivity contribution < 1.29 is 0 Å². The van der Waals surface area contributed by atoms with Crippen LogP contribution in [-0.2, 0) is 0 Å². The van der Waals surface area contributed by atoms with Crippen LogP contribution < -0.4 is 0 Å². The van der Waals surface area contributed by atoms with Crippen molar-refractivity contribution in [3.05, 3.63) is 0 Å². The van der Waals surface area contributed by atoms with Crippen LogP contribution in [0.25, 0.3) is 0 Å². The van der Waals surface area contributed by atoms with Crippen LogP contribution >= 0.6 is 0 Å². The Hall–Kier alpha value is 0.0249. The Balaban J connectivity index is 2.95. The van der Waals surface area contributed by atoms with Gasteiger partial charge >= 0.3 is 0 Å². The summed E-state index contributed by atoms with van der Waals surface area (Å²) in [4.78, 5) is 2.20. The van der Waals surface area contributed by atoms with Crippen LogP contribution in [0.2, 0.25) is 0 Å². The van der Waals surface area contributed by atoms with Gasteiger partial charge in [-0.1, -0.05) is 13.8 Å². The third-order valence-corrected chi connectivity index (χ3v) is 0.730. The summed E-state index contributed by atoms with van der Waals surface area (Å²) in [5.41, 5.74) is 0.